The largest absolute Gasteiger partial charge is 0.319 e. The van der Waals surface area contributed by atoms with E-state index in [1.165, 1.54) is 24.3 Å². The van der Waals surface area contributed by atoms with E-state index in [2.05, 4.69) is 5.32 Å². The van der Waals surface area contributed by atoms with Crippen LogP contribution in [0.1, 0.15) is 17.3 Å². The minimum atomic E-state index is -0.381. The second-order valence-corrected chi connectivity index (χ2v) is 4.73. The van der Waals surface area contributed by atoms with E-state index in [4.69, 9.17) is 12.2 Å². The number of amides is 1. The first kappa shape index (κ1) is 15.1. The van der Waals surface area contributed by atoms with Crippen molar-refractivity contribution in [3.63, 3.8) is 0 Å². The molecule has 21 heavy (non-hydrogen) atoms. The molecule has 0 unspecified atom stereocenters. The Balaban J connectivity index is 2.09. The molecule has 1 N–H and O–H groups in total. The number of nitrogens with zero attached hydrogens (tertiary/aromatic N) is 1. The van der Waals surface area contributed by atoms with Crippen LogP contribution < -0.4 is 10.2 Å². The van der Waals surface area contributed by atoms with Crippen molar-refractivity contribution in [3.8, 4) is 0 Å². The van der Waals surface area contributed by atoms with Gasteiger partial charge in [-0.15, -0.1) is 0 Å². The second kappa shape index (κ2) is 6.95. The molecule has 3 nitrogen and oxygen atoms in total. The molecule has 108 valence electrons. The Morgan fingerprint density at radius 1 is 1.14 bits per heavy atom. The molecule has 1 amide bonds. The lowest BCUT2D eigenvalue weighted by Gasteiger charge is -2.23. The lowest BCUT2D eigenvalue weighted by atomic mass is 10.2. The summed E-state index contributed by atoms with van der Waals surface area (Å²) < 4.78 is 12.9. The highest BCUT2D eigenvalue weighted by Crippen LogP contribution is 2.13. The number of carbonyl (C=O) groups is 1. The summed E-state index contributed by atoms with van der Waals surface area (Å²) in [6, 6.07) is 14.9. The van der Waals surface area contributed by atoms with Crippen molar-refractivity contribution in [2.24, 2.45) is 0 Å². The van der Waals surface area contributed by atoms with Gasteiger partial charge in [-0.05, 0) is 55.5 Å². The summed E-state index contributed by atoms with van der Waals surface area (Å²) >= 11 is 5.28. The Morgan fingerprint density at radius 3 is 2.33 bits per heavy atom. The molecule has 0 aliphatic rings. The molecule has 0 aliphatic carbocycles. The maximum atomic E-state index is 12.9. The van der Waals surface area contributed by atoms with Gasteiger partial charge in [-0.2, -0.15) is 0 Å². The fourth-order valence-corrected chi connectivity index (χ4v) is 2.22. The summed E-state index contributed by atoms with van der Waals surface area (Å²) in [7, 11) is 0. The Morgan fingerprint density at radius 2 is 1.76 bits per heavy atom. The smallest absolute Gasteiger partial charge is 0.257 e. The first-order valence-electron chi connectivity index (χ1n) is 6.55. The average Bonchev–Trinajstić information content (AvgIpc) is 2.49. The Kier molecular flexibility index (Phi) is 5.00. The van der Waals surface area contributed by atoms with Crippen molar-refractivity contribution >= 4 is 28.9 Å². The highest BCUT2D eigenvalue weighted by atomic mass is 32.1. The molecule has 0 aliphatic heterocycles. The summed E-state index contributed by atoms with van der Waals surface area (Å²) in [6.45, 7) is 2.58. The van der Waals surface area contributed by atoms with Crippen molar-refractivity contribution in [2.75, 3.05) is 11.4 Å². The predicted molar refractivity (Wildman–Crippen MR) is 85.9 cm³/mol. The van der Waals surface area contributed by atoms with Gasteiger partial charge in [-0.1, -0.05) is 18.2 Å². The van der Waals surface area contributed by atoms with Crippen LogP contribution in [0.3, 0.4) is 0 Å². The first-order valence-corrected chi connectivity index (χ1v) is 6.96. The van der Waals surface area contributed by atoms with Crippen LogP contribution in [0.2, 0.25) is 0 Å². The van der Waals surface area contributed by atoms with E-state index in [1.807, 2.05) is 42.2 Å². The SMILES string of the molecule is CCN(C(=S)NC(=O)c1ccc(F)cc1)c1ccccc1. The molecule has 0 aromatic heterocycles. The van der Waals surface area contributed by atoms with Crippen LogP contribution in [0.5, 0.6) is 0 Å². The lowest BCUT2D eigenvalue weighted by Crippen LogP contribution is -2.42. The van der Waals surface area contributed by atoms with Gasteiger partial charge in [-0.25, -0.2) is 4.39 Å². The fourth-order valence-electron chi connectivity index (χ4n) is 1.89. The fraction of sp³-hybridized carbons (Fsp3) is 0.125. The van der Waals surface area contributed by atoms with Crippen LogP contribution >= 0.6 is 12.2 Å². The summed E-state index contributed by atoms with van der Waals surface area (Å²) in [6.07, 6.45) is 0. The Bertz CT molecular complexity index is 628. The number of nitrogens with one attached hydrogen (secondary N) is 1. The molecule has 0 heterocycles. The monoisotopic (exact) mass is 302 g/mol. The van der Waals surface area contributed by atoms with Crippen molar-refractivity contribution in [1.82, 2.24) is 5.32 Å². The highest BCUT2D eigenvalue weighted by molar-refractivity contribution is 7.80. The van der Waals surface area contributed by atoms with Gasteiger partial charge in [0, 0.05) is 17.8 Å². The number of thiocarbonyl (C=S) groups is 1. The summed E-state index contributed by atoms with van der Waals surface area (Å²) in [5.41, 5.74) is 1.27. The Labute approximate surface area is 128 Å². The zero-order chi connectivity index (χ0) is 15.2. The van der Waals surface area contributed by atoms with Crippen molar-refractivity contribution < 1.29 is 9.18 Å². The maximum Gasteiger partial charge on any atom is 0.257 e. The summed E-state index contributed by atoms with van der Waals surface area (Å²) in [5.74, 6) is -0.733. The topological polar surface area (TPSA) is 32.3 Å². The minimum Gasteiger partial charge on any atom is -0.319 e. The normalized spacial score (nSPS) is 10.0. The molecular formula is C16H15FN2OS. The second-order valence-electron chi connectivity index (χ2n) is 4.35. The number of benzene rings is 2. The third kappa shape index (κ3) is 3.86. The highest BCUT2D eigenvalue weighted by Gasteiger charge is 2.14. The lowest BCUT2D eigenvalue weighted by molar-refractivity contribution is 0.0977. The number of halogens is 1. The van der Waals surface area contributed by atoms with Gasteiger partial charge in [0.25, 0.3) is 5.91 Å². The van der Waals surface area contributed by atoms with Crippen LogP contribution in [0.4, 0.5) is 10.1 Å². The molecule has 2 rings (SSSR count). The van der Waals surface area contributed by atoms with Crippen molar-refractivity contribution in [3.05, 3.63) is 66.0 Å². The molecule has 0 saturated heterocycles. The minimum absolute atomic E-state index is 0.318. The molecule has 0 radical (unpaired) electrons. The molecule has 0 atom stereocenters. The van der Waals surface area contributed by atoms with Crippen molar-refractivity contribution in [1.29, 1.82) is 0 Å². The van der Waals surface area contributed by atoms with Crippen LogP contribution in [0, 0.1) is 5.82 Å². The van der Waals surface area contributed by atoms with Gasteiger partial charge in [0.05, 0.1) is 0 Å². The van der Waals surface area contributed by atoms with E-state index in [0.717, 1.165) is 5.69 Å². The molecule has 2 aromatic carbocycles. The zero-order valence-electron chi connectivity index (χ0n) is 11.5. The molecule has 0 bridgehead atoms. The van der Waals surface area contributed by atoms with E-state index in [0.29, 0.717) is 17.2 Å². The van der Waals surface area contributed by atoms with Crippen LogP contribution in [-0.2, 0) is 0 Å². The Hall–Kier alpha value is -2.27. The average molecular weight is 302 g/mol. The van der Waals surface area contributed by atoms with Crippen molar-refractivity contribution in [2.45, 2.75) is 6.92 Å². The molecular weight excluding hydrogens is 287 g/mol. The number of anilines is 1. The van der Waals surface area contributed by atoms with E-state index < -0.39 is 0 Å². The zero-order valence-corrected chi connectivity index (χ0v) is 12.4. The molecule has 0 fully saturated rings. The number of hydrogen-bond acceptors (Lipinski definition) is 2. The van der Waals surface area contributed by atoms with Crippen LogP contribution in [0.15, 0.2) is 54.6 Å². The molecule has 2 aromatic rings. The van der Waals surface area contributed by atoms with Crippen LogP contribution in [-0.4, -0.2) is 17.6 Å². The van der Waals surface area contributed by atoms with Gasteiger partial charge in [-0.3, -0.25) is 10.1 Å². The number of carbonyl (C=O) groups excluding carboxylic acids is 1. The third-order valence-corrected chi connectivity index (χ3v) is 3.28. The van der Waals surface area contributed by atoms with Gasteiger partial charge in [0.1, 0.15) is 5.82 Å². The maximum absolute atomic E-state index is 12.9. The quantitative estimate of drug-likeness (QED) is 0.882. The van der Waals surface area contributed by atoms with E-state index in [1.54, 1.807) is 0 Å². The summed E-state index contributed by atoms with van der Waals surface area (Å²) in [5, 5.41) is 2.98. The number of hydrogen-bond donors (Lipinski definition) is 1. The molecule has 0 saturated carbocycles. The molecule has 0 spiro atoms. The predicted octanol–water partition coefficient (Wildman–Crippen LogP) is 3.37. The molecule has 5 heteroatoms. The van der Waals surface area contributed by atoms with E-state index >= 15 is 0 Å². The standard InChI is InChI=1S/C16H15FN2OS/c1-2-19(14-6-4-3-5-7-14)16(21)18-15(20)12-8-10-13(17)11-9-12/h3-11H,2H2,1H3,(H,18,20,21). The third-order valence-electron chi connectivity index (χ3n) is 2.96. The van der Waals surface area contributed by atoms with Gasteiger partial charge in [0.2, 0.25) is 0 Å². The van der Waals surface area contributed by atoms with Crippen LogP contribution in [0.25, 0.3) is 0 Å². The van der Waals surface area contributed by atoms with E-state index in [-0.39, 0.29) is 11.7 Å². The number of rotatable bonds is 3. The van der Waals surface area contributed by atoms with Gasteiger partial charge < -0.3 is 4.90 Å². The van der Waals surface area contributed by atoms with Gasteiger partial charge in [0.15, 0.2) is 5.11 Å². The van der Waals surface area contributed by atoms with Gasteiger partial charge >= 0.3 is 0 Å². The summed E-state index contributed by atoms with van der Waals surface area (Å²) in [4.78, 5) is 13.9. The number of para-hydroxylation sites is 1. The van der Waals surface area contributed by atoms with E-state index in [9.17, 15) is 9.18 Å². The first-order chi connectivity index (χ1) is 10.1.